The first-order valence-electron chi connectivity index (χ1n) is 9.47. The Morgan fingerprint density at radius 2 is 1.50 bits per heavy atom. The van der Waals surface area contributed by atoms with Gasteiger partial charge in [0.2, 0.25) is 0 Å². The predicted molar refractivity (Wildman–Crippen MR) is 129 cm³/mol. The Balaban J connectivity index is 1.70. The number of halogens is 3. The van der Waals surface area contributed by atoms with Crippen molar-refractivity contribution in [3.05, 3.63) is 75.7 Å². The van der Waals surface area contributed by atoms with Crippen LogP contribution < -0.4 is 14.2 Å². The van der Waals surface area contributed by atoms with E-state index in [-0.39, 0.29) is 4.90 Å². The van der Waals surface area contributed by atoms with Gasteiger partial charge >= 0.3 is 0 Å². The van der Waals surface area contributed by atoms with E-state index in [9.17, 15) is 8.42 Å². The van der Waals surface area contributed by atoms with Gasteiger partial charge < -0.3 is 14.4 Å². The van der Waals surface area contributed by atoms with Crippen LogP contribution in [0, 0.1) is 0 Å². The van der Waals surface area contributed by atoms with Crippen LogP contribution in [0.2, 0.25) is 15.1 Å². The molecule has 0 bridgehead atoms. The van der Waals surface area contributed by atoms with Crippen molar-refractivity contribution >= 4 is 50.5 Å². The number of hydrogen-bond donors (Lipinski definition) is 1. The van der Waals surface area contributed by atoms with Crippen molar-refractivity contribution in [2.24, 2.45) is 0 Å². The lowest BCUT2D eigenvalue weighted by molar-refractivity contribution is 0.261. The molecule has 170 valence electrons. The van der Waals surface area contributed by atoms with Crippen molar-refractivity contribution < 1.29 is 17.9 Å². The fourth-order valence-electron chi connectivity index (χ4n) is 2.59. The van der Waals surface area contributed by atoms with Gasteiger partial charge in [0.15, 0.2) is 0 Å². The van der Waals surface area contributed by atoms with Gasteiger partial charge in [0, 0.05) is 18.7 Å². The van der Waals surface area contributed by atoms with Crippen molar-refractivity contribution in [3.8, 4) is 17.2 Å². The van der Waals surface area contributed by atoms with E-state index in [0.29, 0.717) is 51.2 Å². The average Bonchev–Trinajstić information content (AvgIpc) is 2.73. The second kappa shape index (κ2) is 10.6. The standard InChI is InChI=1S/C22H21Cl3N2O4S/c1-27(2)11-12-30-22-13-15(3-9-20(22)24)26-32(28,29)18-7-4-16(5-8-18)31-17-6-10-19(23)21(25)14-17/h3-10,13-14,26H,11-12H2,1-2H3. The minimum absolute atomic E-state index is 0.0732. The highest BCUT2D eigenvalue weighted by molar-refractivity contribution is 7.92. The molecular formula is C22H21Cl3N2O4S. The molecule has 0 fully saturated rings. The molecule has 3 aromatic carbocycles. The summed E-state index contributed by atoms with van der Waals surface area (Å²) < 4.78 is 39.5. The summed E-state index contributed by atoms with van der Waals surface area (Å²) in [6.45, 7) is 1.12. The van der Waals surface area contributed by atoms with Gasteiger partial charge in [0.25, 0.3) is 10.0 Å². The Bertz CT molecular complexity index is 1190. The Labute approximate surface area is 202 Å². The maximum atomic E-state index is 12.8. The van der Waals surface area contributed by atoms with Gasteiger partial charge in [-0.3, -0.25) is 4.72 Å². The van der Waals surface area contributed by atoms with E-state index >= 15 is 0 Å². The molecule has 0 aliphatic rings. The first kappa shape index (κ1) is 24.5. The van der Waals surface area contributed by atoms with Crippen molar-refractivity contribution in [2.75, 3.05) is 32.0 Å². The monoisotopic (exact) mass is 514 g/mol. The number of hydrogen-bond acceptors (Lipinski definition) is 5. The van der Waals surface area contributed by atoms with Crippen LogP contribution in [0.25, 0.3) is 0 Å². The number of anilines is 1. The molecule has 0 atom stereocenters. The Hall–Kier alpha value is -2.16. The molecule has 0 radical (unpaired) electrons. The van der Waals surface area contributed by atoms with Crippen LogP contribution in [-0.4, -0.2) is 40.6 Å². The first-order chi connectivity index (χ1) is 15.1. The van der Waals surface area contributed by atoms with Crippen molar-refractivity contribution in [3.63, 3.8) is 0 Å². The summed E-state index contributed by atoms with van der Waals surface area (Å²) in [5.74, 6) is 1.33. The molecule has 0 unspecified atom stereocenters. The third-order valence-corrected chi connectivity index (χ3v) is 6.69. The summed E-state index contributed by atoms with van der Waals surface area (Å²) in [4.78, 5) is 2.04. The van der Waals surface area contributed by atoms with Crippen LogP contribution in [0.5, 0.6) is 17.2 Å². The third kappa shape index (κ3) is 6.67. The summed E-state index contributed by atoms with van der Waals surface area (Å²) in [6.07, 6.45) is 0. The molecule has 10 heteroatoms. The van der Waals surface area contributed by atoms with E-state index in [2.05, 4.69) is 4.72 Å². The second-order valence-corrected chi connectivity index (χ2v) is 9.96. The smallest absolute Gasteiger partial charge is 0.261 e. The van der Waals surface area contributed by atoms with Crippen LogP contribution in [-0.2, 0) is 10.0 Å². The molecule has 0 aliphatic heterocycles. The van der Waals surface area contributed by atoms with Gasteiger partial charge in [-0.1, -0.05) is 34.8 Å². The van der Waals surface area contributed by atoms with E-state index in [1.807, 2.05) is 19.0 Å². The predicted octanol–water partition coefficient (Wildman–Crippen LogP) is 6.18. The molecule has 0 saturated carbocycles. The van der Waals surface area contributed by atoms with Gasteiger partial charge in [-0.15, -0.1) is 0 Å². The quantitative estimate of drug-likeness (QED) is 0.368. The Kier molecular flexibility index (Phi) is 8.14. The van der Waals surface area contributed by atoms with Gasteiger partial charge in [-0.05, 0) is 62.6 Å². The zero-order valence-corrected chi connectivity index (χ0v) is 20.4. The normalized spacial score (nSPS) is 11.4. The first-order valence-corrected chi connectivity index (χ1v) is 12.1. The molecule has 0 aliphatic carbocycles. The molecule has 0 spiro atoms. The summed E-state index contributed by atoms with van der Waals surface area (Å²) in [7, 11) is 0.0242. The molecule has 1 N–H and O–H groups in total. The third-order valence-electron chi connectivity index (χ3n) is 4.24. The Morgan fingerprint density at radius 3 is 2.16 bits per heavy atom. The van der Waals surface area contributed by atoms with E-state index < -0.39 is 10.0 Å². The largest absolute Gasteiger partial charge is 0.491 e. The number of rotatable bonds is 9. The summed E-state index contributed by atoms with van der Waals surface area (Å²) in [6, 6.07) is 15.6. The van der Waals surface area contributed by atoms with Crippen LogP contribution >= 0.6 is 34.8 Å². The molecular weight excluding hydrogens is 495 g/mol. The van der Waals surface area contributed by atoms with Gasteiger partial charge in [0.05, 0.1) is 25.7 Å². The topological polar surface area (TPSA) is 67.9 Å². The van der Waals surface area contributed by atoms with Gasteiger partial charge in [-0.25, -0.2) is 8.42 Å². The number of nitrogens with zero attached hydrogens (tertiary/aromatic N) is 1. The van der Waals surface area contributed by atoms with Crippen molar-refractivity contribution in [1.82, 2.24) is 4.90 Å². The zero-order chi connectivity index (χ0) is 23.3. The zero-order valence-electron chi connectivity index (χ0n) is 17.3. The van der Waals surface area contributed by atoms with Crippen molar-refractivity contribution in [1.29, 1.82) is 0 Å². The van der Waals surface area contributed by atoms with E-state index in [0.717, 1.165) is 0 Å². The van der Waals surface area contributed by atoms with Crippen LogP contribution in [0.4, 0.5) is 5.69 Å². The number of ether oxygens (including phenoxy) is 2. The number of sulfonamides is 1. The van der Waals surface area contributed by atoms with E-state index in [1.54, 1.807) is 48.5 Å². The summed E-state index contributed by atoms with van der Waals surface area (Å²) >= 11 is 18.0. The molecule has 3 aromatic rings. The van der Waals surface area contributed by atoms with E-state index in [1.165, 1.54) is 12.1 Å². The lowest BCUT2D eigenvalue weighted by Gasteiger charge is -2.14. The van der Waals surface area contributed by atoms with Crippen LogP contribution in [0.3, 0.4) is 0 Å². The highest BCUT2D eigenvalue weighted by Crippen LogP contribution is 2.31. The fourth-order valence-corrected chi connectivity index (χ4v) is 4.10. The molecule has 3 rings (SSSR count). The maximum absolute atomic E-state index is 12.8. The lowest BCUT2D eigenvalue weighted by Crippen LogP contribution is -2.19. The molecule has 0 saturated heterocycles. The maximum Gasteiger partial charge on any atom is 0.261 e. The minimum atomic E-state index is -3.83. The molecule has 0 heterocycles. The number of likely N-dealkylation sites (N-methyl/N-ethyl adjacent to an activating group) is 1. The number of benzene rings is 3. The molecule has 0 aromatic heterocycles. The average molecular weight is 516 g/mol. The lowest BCUT2D eigenvalue weighted by atomic mass is 10.3. The van der Waals surface area contributed by atoms with Gasteiger partial charge in [-0.2, -0.15) is 0 Å². The summed E-state index contributed by atoms with van der Waals surface area (Å²) in [5.41, 5.74) is 0.338. The summed E-state index contributed by atoms with van der Waals surface area (Å²) in [5, 5.41) is 1.18. The van der Waals surface area contributed by atoms with Crippen LogP contribution in [0.15, 0.2) is 65.6 Å². The van der Waals surface area contributed by atoms with Crippen LogP contribution in [0.1, 0.15) is 0 Å². The Morgan fingerprint density at radius 1 is 0.844 bits per heavy atom. The van der Waals surface area contributed by atoms with Gasteiger partial charge in [0.1, 0.15) is 23.9 Å². The second-order valence-electron chi connectivity index (χ2n) is 7.05. The highest BCUT2D eigenvalue weighted by Gasteiger charge is 2.16. The fraction of sp³-hybridized carbons (Fsp3) is 0.182. The molecule has 6 nitrogen and oxygen atoms in total. The highest BCUT2D eigenvalue weighted by atomic mass is 35.5. The number of nitrogens with one attached hydrogen (secondary N) is 1. The van der Waals surface area contributed by atoms with E-state index in [4.69, 9.17) is 44.3 Å². The SMILES string of the molecule is CN(C)CCOc1cc(NS(=O)(=O)c2ccc(Oc3ccc(Cl)c(Cl)c3)cc2)ccc1Cl. The van der Waals surface area contributed by atoms with Crippen molar-refractivity contribution in [2.45, 2.75) is 4.90 Å². The molecule has 32 heavy (non-hydrogen) atoms. The molecule has 0 amide bonds. The minimum Gasteiger partial charge on any atom is -0.491 e.